The maximum Gasteiger partial charge on any atom is 0.223 e. The predicted molar refractivity (Wildman–Crippen MR) is 77.9 cm³/mol. The van der Waals surface area contributed by atoms with Gasteiger partial charge in [0.1, 0.15) is 0 Å². The first-order chi connectivity index (χ1) is 10.1. The van der Waals surface area contributed by atoms with Gasteiger partial charge in [-0.3, -0.25) is 14.9 Å². The van der Waals surface area contributed by atoms with Gasteiger partial charge < -0.3 is 4.52 Å². The van der Waals surface area contributed by atoms with Crippen molar-refractivity contribution in [1.29, 1.82) is 0 Å². The zero-order valence-corrected chi connectivity index (χ0v) is 13.0. The van der Waals surface area contributed by atoms with E-state index in [0.717, 1.165) is 61.5 Å². The van der Waals surface area contributed by atoms with Crippen molar-refractivity contribution in [2.24, 2.45) is 0 Å². The molecule has 2 aromatic heterocycles. The van der Waals surface area contributed by atoms with Gasteiger partial charge in [-0.05, 0) is 6.92 Å². The van der Waals surface area contributed by atoms with Crippen LogP contribution in [-0.2, 0) is 13.1 Å². The van der Waals surface area contributed by atoms with Crippen LogP contribution in [0.25, 0.3) is 0 Å². The van der Waals surface area contributed by atoms with Gasteiger partial charge in [0, 0.05) is 39.6 Å². The zero-order valence-electron chi connectivity index (χ0n) is 12.3. The third-order valence-electron chi connectivity index (χ3n) is 3.71. The molecule has 114 valence electrons. The van der Waals surface area contributed by atoms with E-state index < -0.39 is 0 Å². The highest BCUT2D eigenvalue weighted by molar-refractivity contribution is 6.31. The van der Waals surface area contributed by atoms with Crippen LogP contribution in [0.5, 0.6) is 0 Å². The highest BCUT2D eigenvalue weighted by Crippen LogP contribution is 2.19. The highest BCUT2D eigenvalue weighted by atomic mass is 35.5. The lowest BCUT2D eigenvalue weighted by molar-refractivity contribution is 0.118. The molecular weight excluding hydrogens is 292 g/mol. The van der Waals surface area contributed by atoms with Gasteiger partial charge in [-0.15, -0.1) is 0 Å². The van der Waals surface area contributed by atoms with E-state index in [0.29, 0.717) is 5.89 Å². The summed E-state index contributed by atoms with van der Waals surface area (Å²) < 4.78 is 5.00. The Morgan fingerprint density at radius 1 is 1.14 bits per heavy atom. The molecule has 0 aliphatic carbocycles. The molecule has 0 amide bonds. The van der Waals surface area contributed by atoms with E-state index in [4.69, 9.17) is 16.1 Å². The number of halogens is 1. The topological polar surface area (TPSA) is 74.1 Å². The maximum atomic E-state index is 6.21. The predicted octanol–water partition coefficient (Wildman–Crippen LogP) is 1.38. The molecule has 1 aliphatic heterocycles. The van der Waals surface area contributed by atoms with Gasteiger partial charge in [0.15, 0.2) is 5.82 Å². The van der Waals surface area contributed by atoms with Gasteiger partial charge in [0.2, 0.25) is 5.89 Å². The number of rotatable bonds is 4. The smallest absolute Gasteiger partial charge is 0.223 e. The van der Waals surface area contributed by atoms with Crippen molar-refractivity contribution in [1.82, 2.24) is 30.1 Å². The molecule has 0 bridgehead atoms. The third-order valence-corrected chi connectivity index (χ3v) is 4.22. The molecule has 1 fully saturated rings. The summed E-state index contributed by atoms with van der Waals surface area (Å²) in [5, 5.41) is 11.9. The lowest BCUT2D eigenvalue weighted by Crippen LogP contribution is -2.45. The van der Waals surface area contributed by atoms with Crippen LogP contribution in [0.1, 0.15) is 23.1 Å². The van der Waals surface area contributed by atoms with Gasteiger partial charge in [-0.1, -0.05) is 16.8 Å². The van der Waals surface area contributed by atoms with E-state index in [1.807, 2.05) is 13.8 Å². The normalized spacial score (nSPS) is 17.5. The van der Waals surface area contributed by atoms with E-state index in [1.54, 1.807) is 0 Å². The monoisotopic (exact) mass is 310 g/mol. The molecule has 0 saturated carbocycles. The van der Waals surface area contributed by atoms with Crippen molar-refractivity contribution in [3.05, 3.63) is 28.1 Å². The molecular formula is C13H19ClN6O. The van der Waals surface area contributed by atoms with Crippen LogP contribution in [0.15, 0.2) is 4.52 Å². The van der Waals surface area contributed by atoms with Crippen LogP contribution >= 0.6 is 11.6 Å². The average molecular weight is 311 g/mol. The zero-order chi connectivity index (χ0) is 14.8. The van der Waals surface area contributed by atoms with Gasteiger partial charge in [-0.25, -0.2) is 0 Å². The first-order valence-electron chi connectivity index (χ1n) is 7.05. The average Bonchev–Trinajstić information content (AvgIpc) is 3.01. The molecule has 0 radical (unpaired) electrons. The number of hydrogen-bond donors (Lipinski definition) is 1. The lowest BCUT2D eigenvalue weighted by atomic mass is 10.2. The molecule has 0 atom stereocenters. The maximum absolute atomic E-state index is 6.21. The molecule has 8 heteroatoms. The summed E-state index contributed by atoms with van der Waals surface area (Å²) in [5.41, 5.74) is 1.86. The summed E-state index contributed by atoms with van der Waals surface area (Å²) in [6, 6.07) is 0. The SMILES string of the molecule is Cc1nc(CN2CCN(Cc3n[nH]c(C)c3Cl)CC2)no1. The molecule has 7 nitrogen and oxygen atoms in total. The van der Waals surface area contributed by atoms with E-state index in [9.17, 15) is 0 Å². The number of nitrogens with zero attached hydrogens (tertiary/aromatic N) is 5. The molecule has 2 aromatic rings. The minimum Gasteiger partial charge on any atom is -0.340 e. The summed E-state index contributed by atoms with van der Waals surface area (Å²) in [6.45, 7) is 9.21. The first kappa shape index (κ1) is 14.5. The Bertz CT molecular complexity index is 602. The molecule has 0 aromatic carbocycles. The third kappa shape index (κ3) is 3.42. The second-order valence-corrected chi connectivity index (χ2v) is 5.77. The fourth-order valence-electron chi connectivity index (χ4n) is 2.49. The minimum atomic E-state index is 0.618. The number of nitrogens with one attached hydrogen (secondary N) is 1. The van der Waals surface area contributed by atoms with Crippen molar-refractivity contribution in [3.8, 4) is 0 Å². The Morgan fingerprint density at radius 3 is 2.33 bits per heavy atom. The molecule has 3 heterocycles. The Balaban J connectivity index is 1.50. The molecule has 1 aliphatic rings. The quantitative estimate of drug-likeness (QED) is 0.919. The van der Waals surface area contributed by atoms with Gasteiger partial charge in [0.25, 0.3) is 0 Å². The van der Waals surface area contributed by atoms with Crippen molar-refractivity contribution >= 4 is 11.6 Å². The minimum absolute atomic E-state index is 0.618. The number of hydrogen-bond acceptors (Lipinski definition) is 6. The molecule has 1 N–H and O–H groups in total. The number of aryl methyl sites for hydroxylation is 2. The summed E-state index contributed by atoms with van der Waals surface area (Å²) in [6.07, 6.45) is 0. The van der Waals surface area contributed by atoms with Crippen LogP contribution < -0.4 is 0 Å². The van der Waals surface area contributed by atoms with Crippen LogP contribution in [0.3, 0.4) is 0 Å². The molecule has 21 heavy (non-hydrogen) atoms. The molecule has 0 unspecified atom stereocenters. The van der Waals surface area contributed by atoms with Gasteiger partial charge in [-0.2, -0.15) is 10.1 Å². The van der Waals surface area contributed by atoms with E-state index >= 15 is 0 Å². The number of piperazine rings is 1. The summed E-state index contributed by atoms with van der Waals surface area (Å²) in [7, 11) is 0. The van der Waals surface area contributed by atoms with Crippen LogP contribution in [-0.4, -0.2) is 56.3 Å². The molecule has 0 spiro atoms. The van der Waals surface area contributed by atoms with Gasteiger partial charge >= 0.3 is 0 Å². The van der Waals surface area contributed by atoms with Crippen molar-refractivity contribution in [3.63, 3.8) is 0 Å². The number of H-pyrrole nitrogens is 1. The highest BCUT2D eigenvalue weighted by Gasteiger charge is 2.20. The Labute approximate surface area is 128 Å². The number of aromatic amines is 1. The summed E-state index contributed by atoms with van der Waals surface area (Å²) >= 11 is 6.21. The molecule has 3 rings (SSSR count). The fraction of sp³-hybridized carbons (Fsp3) is 0.615. The van der Waals surface area contributed by atoms with E-state index in [1.165, 1.54) is 0 Å². The van der Waals surface area contributed by atoms with Crippen LogP contribution in [0.4, 0.5) is 0 Å². The molecule has 1 saturated heterocycles. The largest absolute Gasteiger partial charge is 0.340 e. The van der Waals surface area contributed by atoms with Crippen LogP contribution in [0, 0.1) is 13.8 Å². The Kier molecular flexibility index (Phi) is 4.23. The van der Waals surface area contributed by atoms with E-state index in [2.05, 4.69) is 30.1 Å². The summed E-state index contributed by atoms with van der Waals surface area (Å²) in [5.74, 6) is 1.37. The van der Waals surface area contributed by atoms with Crippen molar-refractivity contribution in [2.45, 2.75) is 26.9 Å². The van der Waals surface area contributed by atoms with Crippen molar-refractivity contribution in [2.75, 3.05) is 26.2 Å². The lowest BCUT2D eigenvalue weighted by Gasteiger charge is -2.33. The van der Waals surface area contributed by atoms with Gasteiger partial charge in [0.05, 0.1) is 23.0 Å². The first-order valence-corrected chi connectivity index (χ1v) is 7.43. The van der Waals surface area contributed by atoms with Crippen molar-refractivity contribution < 1.29 is 4.52 Å². The van der Waals surface area contributed by atoms with Crippen LogP contribution in [0.2, 0.25) is 5.02 Å². The second-order valence-electron chi connectivity index (χ2n) is 5.39. The van der Waals surface area contributed by atoms with E-state index in [-0.39, 0.29) is 0 Å². The Morgan fingerprint density at radius 2 is 1.81 bits per heavy atom. The standard InChI is InChI=1S/C13H19ClN6O/c1-9-13(14)11(17-16-9)7-19-3-5-20(6-4-19)8-12-15-10(2)21-18-12/h3-8H2,1-2H3,(H,16,17). The Hall–Kier alpha value is -1.44. The second kappa shape index (κ2) is 6.13. The summed E-state index contributed by atoms with van der Waals surface area (Å²) in [4.78, 5) is 8.93. The number of aromatic nitrogens is 4. The fourth-order valence-corrected chi connectivity index (χ4v) is 2.64.